The second-order valence-corrected chi connectivity index (χ2v) is 6.73. The van der Waals surface area contributed by atoms with Gasteiger partial charge in [0.2, 0.25) is 0 Å². The Kier molecular flexibility index (Phi) is 7.01. The highest BCUT2D eigenvalue weighted by Crippen LogP contribution is 2.43. The third-order valence-corrected chi connectivity index (χ3v) is 5.20. The Bertz CT molecular complexity index is 751. The lowest BCUT2D eigenvalue weighted by Crippen LogP contribution is -2.33. The van der Waals surface area contributed by atoms with Crippen LogP contribution >= 0.6 is 0 Å². The van der Waals surface area contributed by atoms with Crippen molar-refractivity contribution in [2.24, 2.45) is 0 Å². The molecule has 2 aromatic carbocycles. The van der Waals surface area contributed by atoms with Crippen LogP contribution in [-0.4, -0.2) is 59.5 Å². The maximum absolute atomic E-state index is 5.74. The van der Waals surface area contributed by atoms with E-state index in [2.05, 4.69) is 16.3 Å². The van der Waals surface area contributed by atoms with E-state index in [0.29, 0.717) is 5.75 Å². The van der Waals surface area contributed by atoms with E-state index in [1.807, 2.05) is 30.3 Å². The highest BCUT2D eigenvalue weighted by molar-refractivity contribution is 5.53. The summed E-state index contributed by atoms with van der Waals surface area (Å²) in [6.45, 7) is 3.88. The Balaban J connectivity index is 2.16. The van der Waals surface area contributed by atoms with Crippen LogP contribution in [0.15, 0.2) is 36.4 Å². The second-order valence-electron chi connectivity index (χ2n) is 6.73. The molecule has 0 radical (unpaired) electrons. The van der Waals surface area contributed by atoms with Crippen LogP contribution in [0.2, 0.25) is 0 Å². The van der Waals surface area contributed by atoms with E-state index in [1.54, 1.807) is 28.4 Å². The van der Waals surface area contributed by atoms with E-state index in [4.69, 9.17) is 18.9 Å². The third kappa shape index (κ3) is 4.18. The van der Waals surface area contributed by atoms with Crippen LogP contribution in [0.5, 0.6) is 23.0 Å². The largest absolute Gasteiger partial charge is 0.496 e. The number of nitrogens with zero attached hydrogens (tertiary/aromatic N) is 1. The summed E-state index contributed by atoms with van der Waals surface area (Å²) in [7, 11) is 6.72. The minimum atomic E-state index is -0.0224. The molecule has 6 nitrogen and oxygen atoms in total. The second kappa shape index (κ2) is 9.66. The maximum atomic E-state index is 5.74. The molecule has 1 unspecified atom stereocenters. The quantitative estimate of drug-likeness (QED) is 0.789. The first-order valence-corrected chi connectivity index (χ1v) is 9.61. The molecule has 1 heterocycles. The molecular weight excluding hydrogens is 356 g/mol. The summed E-state index contributed by atoms with van der Waals surface area (Å²) >= 11 is 0. The van der Waals surface area contributed by atoms with Gasteiger partial charge in [0.1, 0.15) is 11.5 Å². The van der Waals surface area contributed by atoms with Crippen LogP contribution in [0, 0.1) is 0 Å². The molecule has 1 aliphatic rings. The lowest BCUT2D eigenvalue weighted by atomic mass is 9.94. The van der Waals surface area contributed by atoms with Gasteiger partial charge in [-0.3, -0.25) is 4.90 Å². The fraction of sp³-hybridized carbons (Fsp3) is 0.455. The van der Waals surface area contributed by atoms with Crippen molar-refractivity contribution in [2.75, 3.05) is 54.6 Å². The predicted molar refractivity (Wildman–Crippen MR) is 110 cm³/mol. The lowest BCUT2D eigenvalue weighted by Gasteiger charge is -2.33. The molecule has 1 atom stereocenters. The molecule has 0 aromatic heterocycles. The summed E-state index contributed by atoms with van der Waals surface area (Å²) in [5, 5.41) is 3.48. The first kappa shape index (κ1) is 20.3. The fourth-order valence-corrected chi connectivity index (χ4v) is 3.86. The number of methoxy groups -OCH3 is 4. The summed E-state index contributed by atoms with van der Waals surface area (Å²) in [6.07, 6.45) is 1.08. The number of hydrogen-bond donors (Lipinski definition) is 1. The summed E-state index contributed by atoms with van der Waals surface area (Å²) < 4.78 is 22.5. The summed E-state index contributed by atoms with van der Waals surface area (Å²) in [5.41, 5.74) is 2.14. The first-order valence-electron chi connectivity index (χ1n) is 9.61. The van der Waals surface area contributed by atoms with Gasteiger partial charge in [-0.25, -0.2) is 0 Å². The SMILES string of the molecule is COc1ccc(C(c2c(OC)cccc2OC)N2CCCNCC2)cc1OC. The van der Waals surface area contributed by atoms with E-state index in [-0.39, 0.29) is 6.04 Å². The third-order valence-electron chi connectivity index (χ3n) is 5.20. The van der Waals surface area contributed by atoms with Crippen molar-refractivity contribution >= 4 is 0 Å². The van der Waals surface area contributed by atoms with Crippen molar-refractivity contribution in [2.45, 2.75) is 12.5 Å². The minimum Gasteiger partial charge on any atom is -0.496 e. The van der Waals surface area contributed by atoms with Gasteiger partial charge in [0.15, 0.2) is 11.5 Å². The van der Waals surface area contributed by atoms with Gasteiger partial charge in [-0.2, -0.15) is 0 Å². The Hall–Kier alpha value is -2.44. The molecule has 0 saturated carbocycles. The van der Waals surface area contributed by atoms with E-state index in [1.165, 1.54) is 0 Å². The van der Waals surface area contributed by atoms with Gasteiger partial charge in [0.25, 0.3) is 0 Å². The van der Waals surface area contributed by atoms with E-state index in [0.717, 1.165) is 61.0 Å². The zero-order valence-electron chi connectivity index (χ0n) is 17.2. The molecule has 3 rings (SSSR count). The highest BCUT2D eigenvalue weighted by atomic mass is 16.5. The maximum Gasteiger partial charge on any atom is 0.161 e. The predicted octanol–water partition coefficient (Wildman–Crippen LogP) is 3.11. The van der Waals surface area contributed by atoms with Crippen molar-refractivity contribution in [3.05, 3.63) is 47.5 Å². The monoisotopic (exact) mass is 386 g/mol. The molecule has 0 amide bonds. The molecule has 6 heteroatoms. The highest BCUT2D eigenvalue weighted by Gasteiger charge is 2.29. The average molecular weight is 386 g/mol. The molecule has 0 bridgehead atoms. The number of hydrogen-bond acceptors (Lipinski definition) is 6. The van der Waals surface area contributed by atoms with Gasteiger partial charge < -0.3 is 24.3 Å². The van der Waals surface area contributed by atoms with Gasteiger partial charge in [-0.1, -0.05) is 12.1 Å². The number of benzene rings is 2. The zero-order chi connectivity index (χ0) is 19.9. The molecule has 0 spiro atoms. The van der Waals surface area contributed by atoms with Gasteiger partial charge in [0.05, 0.1) is 40.0 Å². The van der Waals surface area contributed by atoms with Gasteiger partial charge in [-0.15, -0.1) is 0 Å². The minimum absolute atomic E-state index is 0.0224. The molecule has 1 saturated heterocycles. The van der Waals surface area contributed by atoms with Crippen molar-refractivity contribution in [1.82, 2.24) is 10.2 Å². The van der Waals surface area contributed by atoms with Gasteiger partial charge in [0, 0.05) is 19.6 Å². The topological polar surface area (TPSA) is 52.2 Å². The molecule has 2 aromatic rings. The molecule has 1 fully saturated rings. The van der Waals surface area contributed by atoms with Crippen molar-refractivity contribution < 1.29 is 18.9 Å². The van der Waals surface area contributed by atoms with Crippen LogP contribution in [0.25, 0.3) is 0 Å². The summed E-state index contributed by atoms with van der Waals surface area (Å²) in [6, 6.07) is 12.0. The number of nitrogens with one attached hydrogen (secondary N) is 1. The standard InChI is InChI=1S/C22H30N2O4/c1-25-17-10-9-16(15-20(17)28-4)22(24-13-6-11-23-12-14-24)21-18(26-2)7-5-8-19(21)27-3/h5,7-10,15,22-23H,6,11-14H2,1-4H3. The average Bonchev–Trinajstić information content (AvgIpc) is 3.03. The van der Waals surface area contributed by atoms with Gasteiger partial charge in [-0.05, 0) is 42.8 Å². The molecule has 0 aliphatic carbocycles. The Morgan fingerprint density at radius 1 is 0.786 bits per heavy atom. The van der Waals surface area contributed by atoms with Crippen LogP contribution in [0.1, 0.15) is 23.6 Å². The Morgan fingerprint density at radius 3 is 2.11 bits per heavy atom. The van der Waals surface area contributed by atoms with E-state index in [9.17, 15) is 0 Å². The van der Waals surface area contributed by atoms with Crippen LogP contribution < -0.4 is 24.3 Å². The Morgan fingerprint density at radius 2 is 1.46 bits per heavy atom. The molecular formula is C22H30N2O4. The van der Waals surface area contributed by atoms with Crippen molar-refractivity contribution in [3.63, 3.8) is 0 Å². The number of rotatable bonds is 7. The lowest BCUT2D eigenvalue weighted by molar-refractivity contribution is 0.230. The smallest absolute Gasteiger partial charge is 0.161 e. The fourth-order valence-electron chi connectivity index (χ4n) is 3.86. The van der Waals surface area contributed by atoms with Crippen molar-refractivity contribution in [1.29, 1.82) is 0 Å². The molecule has 28 heavy (non-hydrogen) atoms. The van der Waals surface area contributed by atoms with E-state index < -0.39 is 0 Å². The van der Waals surface area contributed by atoms with Gasteiger partial charge >= 0.3 is 0 Å². The van der Waals surface area contributed by atoms with Crippen LogP contribution in [0.3, 0.4) is 0 Å². The molecule has 152 valence electrons. The first-order chi connectivity index (χ1) is 13.7. The Labute approximate surface area is 167 Å². The summed E-state index contributed by atoms with van der Waals surface area (Å²) in [4.78, 5) is 2.47. The zero-order valence-corrected chi connectivity index (χ0v) is 17.2. The van der Waals surface area contributed by atoms with Crippen LogP contribution in [-0.2, 0) is 0 Å². The van der Waals surface area contributed by atoms with E-state index >= 15 is 0 Å². The molecule has 1 aliphatic heterocycles. The van der Waals surface area contributed by atoms with Crippen LogP contribution in [0.4, 0.5) is 0 Å². The number of ether oxygens (including phenoxy) is 4. The normalized spacial score (nSPS) is 16.1. The van der Waals surface area contributed by atoms with Crippen molar-refractivity contribution in [3.8, 4) is 23.0 Å². The summed E-state index contributed by atoms with van der Waals surface area (Å²) in [5.74, 6) is 3.06. The molecule has 1 N–H and O–H groups in total.